The molecule has 148 valence electrons. The summed E-state index contributed by atoms with van der Waals surface area (Å²) in [6, 6.07) is 13.0. The number of phenols is 2. The lowest BCUT2D eigenvalue weighted by atomic mass is 9.79. The van der Waals surface area contributed by atoms with Crippen LogP contribution < -0.4 is 0 Å². The van der Waals surface area contributed by atoms with Gasteiger partial charge in [0.05, 0.1) is 0 Å². The molecule has 3 rings (SSSR count). The zero-order valence-electron chi connectivity index (χ0n) is 17.4. The molecule has 0 radical (unpaired) electrons. The first-order valence-electron chi connectivity index (χ1n) is 9.88. The van der Waals surface area contributed by atoms with Gasteiger partial charge in [0, 0.05) is 21.9 Å². The molecule has 3 nitrogen and oxygen atoms in total. The van der Waals surface area contributed by atoms with Crippen LogP contribution in [-0.4, -0.2) is 10.2 Å². The fraction of sp³-hybridized carbons (Fsp3) is 0.360. The molecule has 0 saturated heterocycles. The van der Waals surface area contributed by atoms with E-state index in [9.17, 15) is 10.2 Å². The summed E-state index contributed by atoms with van der Waals surface area (Å²) in [7, 11) is 0. The van der Waals surface area contributed by atoms with Crippen LogP contribution in [0.25, 0.3) is 22.3 Å². The Balaban J connectivity index is 1.93. The van der Waals surface area contributed by atoms with Gasteiger partial charge in [-0.2, -0.15) is 0 Å². The summed E-state index contributed by atoms with van der Waals surface area (Å²) < 4.78 is 5.87. The lowest BCUT2D eigenvalue weighted by Gasteiger charge is -2.26. The summed E-state index contributed by atoms with van der Waals surface area (Å²) >= 11 is 0. The number of furan rings is 1. The molecule has 0 fully saturated rings. The average molecular weight is 379 g/mol. The molecule has 0 saturated carbocycles. The Morgan fingerprint density at radius 1 is 1.07 bits per heavy atom. The van der Waals surface area contributed by atoms with Gasteiger partial charge >= 0.3 is 0 Å². The molecular weight excluding hydrogens is 348 g/mol. The maximum Gasteiger partial charge on any atom is 0.135 e. The average Bonchev–Trinajstić information content (AvgIpc) is 3.03. The number of hydrogen-bond donors (Lipinski definition) is 2. The number of rotatable bonds is 6. The predicted molar refractivity (Wildman–Crippen MR) is 116 cm³/mol. The van der Waals surface area contributed by atoms with Crippen molar-refractivity contribution in [1.29, 1.82) is 0 Å². The molecule has 0 aliphatic rings. The maximum atomic E-state index is 10.7. The van der Waals surface area contributed by atoms with Crippen LogP contribution in [0.4, 0.5) is 0 Å². The van der Waals surface area contributed by atoms with E-state index < -0.39 is 5.41 Å². The molecular formula is C25H30O3. The van der Waals surface area contributed by atoms with E-state index in [1.165, 1.54) is 5.57 Å². The van der Waals surface area contributed by atoms with Crippen molar-refractivity contribution in [2.24, 2.45) is 5.92 Å². The number of benzene rings is 2. The molecule has 1 heterocycles. The van der Waals surface area contributed by atoms with E-state index >= 15 is 0 Å². The van der Waals surface area contributed by atoms with Crippen LogP contribution in [-0.2, 0) is 5.41 Å². The number of phenolic OH excluding ortho intramolecular Hbond substituents is 2. The highest BCUT2D eigenvalue weighted by atomic mass is 16.3. The second kappa shape index (κ2) is 7.75. The summed E-state index contributed by atoms with van der Waals surface area (Å²) in [6.45, 7) is 10.6. The molecule has 0 amide bonds. The fourth-order valence-corrected chi connectivity index (χ4v) is 3.83. The third-order valence-corrected chi connectivity index (χ3v) is 5.17. The van der Waals surface area contributed by atoms with Crippen molar-refractivity contribution in [2.45, 2.75) is 52.9 Å². The first-order valence-corrected chi connectivity index (χ1v) is 9.88. The molecule has 3 heteroatoms. The summed E-state index contributed by atoms with van der Waals surface area (Å²) in [4.78, 5) is 0. The van der Waals surface area contributed by atoms with Crippen LogP contribution in [0.15, 0.2) is 58.5 Å². The largest absolute Gasteiger partial charge is 0.507 e. The minimum atomic E-state index is -0.390. The Bertz CT molecular complexity index is 950. The quantitative estimate of drug-likeness (QED) is 0.447. The predicted octanol–water partition coefficient (Wildman–Crippen LogP) is 7.17. The van der Waals surface area contributed by atoms with Gasteiger partial charge in [0.1, 0.15) is 22.8 Å². The molecule has 0 spiro atoms. The highest BCUT2D eigenvalue weighted by Crippen LogP contribution is 2.43. The monoisotopic (exact) mass is 378 g/mol. The lowest BCUT2D eigenvalue weighted by Crippen LogP contribution is -2.17. The highest BCUT2D eigenvalue weighted by molar-refractivity contribution is 5.83. The fourth-order valence-electron chi connectivity index (χ4n) is 3.83. The molecule has 0 aliphatic carbocycles. The van der Waals surface area contributed by atoms with Crippen molar-refractivity contribution in [3.05, 3.63) is 59.7 Å². The highest BCUT2D eigenvalue weighted by Gasteiger charge is 2.27. The smallest absolute Gasteiger partial charge is 0.135 e. The van der Waals surface area contributed by atoms with E-state index in [-0.39, 0.29) is 11.5 Å². The van der Waals surface area contributed by atoms with E-state index in [1.54, 1.807) is 12.1 Å². The van der Waals surface area contributed by atoms with Crippen LogP contribution in [0.2, 0.25) is 0 Å². The summed E-state index contributed by atoms with van der Waals surface area (Å²) in [5, 5.41) is 22.5. The Morgan fingerprint density at radius 3 is 2.32 bits per heavy atom. The van der Waals surface area contributed by atoms with Gasteiger partial charge in [-0.15, -0.1) is 0 Å². The topological polar surface area (TPSA) is 53.6 Å². The molecule has 28 heavy (non-hydrogen) atoms. The normalized spacial score (nSPS) is 12.9. The Kier molecular flexibility index (Phi) is 5.55. The van der Waals surface area contributed by atoms with E-state index in [0.717, 1.165) is 23.8 Å². The van der Waals surface area contributed by atoms with Crippen molar-refractivity contribution in [2.75, 3.05) is 0 Å². The third-order valence-electron chi connectivity index (χ3n) is 5.17. The van der Waals surface area contributed by atoms with Crippen LogP contribution in [0.5, 0.6) is 11.5 Å². The van der Waals surface area contributed by atoms with Crippen molar-refractivity contribution in [1.82, 2.24) is 0 Å². The van der Waals surface area contributed by atoms with Gasteiger partial charge in [-0.3, -0.25) is 0 Å². The van der Waals surface area contributed by atoms with Gasteiger partial charge < -0.3 is 14.6 Å². The van der Waals surface area contributed by atoms with Crippen molar-refractivity contribution < 1.29 is 14.6 Å². The van der Waals surface area contributed by atoms with Crippen molar-refractivity contribution >= 4 is 11.0 Å². The second-order valence-corrected chi connectivity index (χ2v) is 8.77. The lowest BCUT2D eigenvalue weighted by molar-refractivity contribution is 0.400. The molecule has 0 aliphatic heterocycles. The van der Waals surface area contributed by atoms with E-state index in [4.69, 9.17) is 4.42 Å². The number of fused-ring (bicyclic) bond motifs is 1. The van der Waals surface area contributed by atoms with Gasteiger partial charge in [-0.1, -0.05) is 57.5 Å². The molecule has 3 aromatic rings. The maximum absolute atomic E-state index is 10.7. The number of allylic oxidation sites excluding steroid dienone is 2. The van der Waals surface area contributed by atoms with Gasteiger partial charge in [0.2, 0.25) is 0 Å². The van der Waals surface area contributed by atoms with Crippen LogP contribution >= 0.6 is 0 Å². The summed E-state index contributed by atoms with van der Waals surface area (Å²) in [5.41, 5.74) is 2.96. The first-order chi connectivity index (χ1) is 13.2. The zero-order chi connectivity index (χ0) is 20.5. The molecule has 0 atom stereocenters. The molecule has 1 aromatic heterocycles. The van der Waals surface area contributed by atoms with Crippen LogP contribution in [0.3, 0.4) is 0 Å². The molecule has 2 N–H and O–H groups in total. The minimum absolute atomic E-state index is 0.0929. The van der Waals surface area contributed by atoms with Crippen LogP contribution in [0, 0.1) is 5.92 Å². The minimum Gasteiger partial charge on any atom is -0.507 e. The van der Waals surface area contributed by atoms with E-state index in [1.807, 2.05) is 44.2 Å². The Morgan fingerprint density at radius 2 is 1.71 bits per heavy atom. The number of aromatic hydroxyl groups is 2. The standard InChI is InChI=1S/C25H30O3/c1-16(2)12-17(3)10-11-25(4,5)24-20(26)13-19(14-21(24)27)23-15-18-8-6-7-9-22(18)28-23/h6-10,13-16,26-27H,11-12H2,1-5H3/b17-10+. The van der Waals surface area contributed by atoms with Crippen LogP contribution in [0.1, 0.15) is 53.0 Å². The van der Waals surface area contributed by atoms with Crippen molar-refractivity contribution in [3.8, 4) is 22.8 Å². The van der Waals surface area contributed by atoms with E-state index in [2.05, 4.69) is 26.8 Å². The Hall–Kier alpha value is -2.68. The van der Waals surface area contributed by atoms with Gasteiger partial charge in [0.15, 0.2) is 0 Å². The number of para-hydroxylation sites is 1. The third kappa shape index (κ3) is 4.24. The molecule has 2 aromatic carbocycles. The van der Waals surface area contributed by atoms with Crippen molar-refractivity contribution in [3.63, 3.8) is 0 Å². The van der Waals surface area contributed by atoms with Gasteiger partial charge in [0.25, 0.3) is 0 Å². The molecule has 0 unspecified atom stereocenters. The Labute approximate surface area is 167 Å². The number of hydrogen-bond acceptors (Lipinski definition) is 3. The second-order valence-electron chi connectivity index (χ2n) is 8.77. The zero-order valence-corrected chi connectivity index (χ0v) is 17.4. The van der Waals surface area contributed by atoms with E-state index in [0.29, 0.717) is 22.8 Å². The SMILES string of the molecule is C/C(=C\CC(C)(C)c1c(O)cc(-c2cc3ccccc3o2)cc1O)CC(C)C. The summed E-state index contributed by atoms with van der Waals surface area (Å²) in [5.74, 6) is 1.43. The first kappa shape index (κ1) is 20.1. The molecule has 0 bridgehead atoms. The van der Waals surface area contributed by atoms with Gasteiger partial charge in [-0.25, -0.2) is 0 Å². The van der Waals surface area contributed by atoms with Gasteiger partial charge in [-0.05, 0) is 49.9 Å². The summed E-state index contributed by atoms with van der Waals surface area (Å²) in [6.07, 6.45) is 4.02.